The smallest absolute Gasteiger partial charge is 0.100 e. The fourth-order valence-electron chi connectivity index (χ4n) is 0.432. The van der Waals surface area contributed by atoms with Crippen LogP contribution in [0.25, 0.3) is 0 Å². The Balaban J connectivity index is 2.82. The quantitative estimate of drug-likeness (QED) is 0.407. The summed E-state index contributed by atoms with van der Waals surface area (Å²) in [5.41, 5.74) is 0. The van der Waals surface area contributed by atoms with Gasteiger partial charge >= 0.3 is 0 Å². The first-order valence-corrected chi connectivity index (χ1v) is 3.22. The minimum Gasteiger partial charge on any atom is -0.377 e. The Kier molecular flexibility index (Phi) is 7.37. The van der Waals surface area contributed by atoms with Crippen molar-refractivity contribution in [3.05, 3.63) is 12.2 Å². The van der Waals surface area contributed by atoms with Crippen LogP contribution >= 0.6 is 0 Å². The molecule has 0 aliphatic heterocycles. The third kappa shape index (κ3) is 7.66. The van der Waals surface area contributed by atoms with Crippen molar-refractivity contribution in [3.63, 3.8) is 0 Å². The van der Waals surface area contributed by atoms with E-state index in [0.717, 1.165) is 13.0 Å². The van der Waals surface area contributed by atoms with E-state index in [1.165, 1.54) is 0 Å². The van der Waals surface area contributed by atoms with Gasteiger partial charge < -0.3 is 4.74 Å². The SMILES string of the molecule is CCCOCC=CC[O]. The van der Waals surface area contributed by atoms with E-state index in [1.54, 1.807) is 12.2 Å². The molecule has 0 spiro atoms. The summed E-state index contributed by atoms with van der Waals surface area (Å²) in [7, 11) is 0. The van der Waals surface area contributed by atoms with Gasteiger partial charge in [0.15, 0.2) is 0 Å². The molecule has 53 valence electrons. The van der Waals surface area contributed by atoms with Gasteiger partial charge in [0.25, 0.3) is 0 Å². The van der Waals surface area contributed by atoms with Crippen molar-refractivity contribution in [2.24, 2.45) is 0 Å². The van der Waals surface area contributed by atoms with Crippen LogP contribution in [0, 0.1) is 0 Å². The summed E-state index contributed by atoms with van der Waals surface area (Å²) in [5, 5.41) is 9.82. The monoisotopic (exact) mass is 129 g/mol. The van der Waals surface area contributed by atoms with Crippen LogP contribution in [0.3, 0.4) is 0 Å². The summed E-state index contributed by atoms with van der Waals surface area (Å²) in [5.74, 6) is 0. The van der Waals surface area contributed by atoms with Crippen molar-refractivity contribution in [1.29, 1.82) is 0 Å². The second kappa shape index (κ2) is 7.66. The van der Waals surface area contributed by atoms with Gasteiger partial charge in [0.05, 0.1) is 6.61 Å². The molecule has 0 bridgehead atoms. The Morgan fingerprint density at radius 1 is 1.44 bits per heavy atom. The maximum atomic E-state index is 9.82. The van der Waals surface area contributed by atoms with E-state index in [0.29, 0.717) is 6.61 Å². The topological polar surface area (TPSA) is 29.1 Å². The lowest BCUT2D eigenvalue weighted by molar-refractivity contribution is 0.162. The molecule has 0 aromatic rings. The summed E-state index contributed by atoms with van der Waals surface area (Å²) < 4.78 is 5.06. The van der Waals surface area contributed by atoms with Crippen molar-refractivity contribution in [2.75, 3.05) is 19.8 Å². The molecule has 0 atom stereocenters. The highest BCUT2D eigenvalue weighted by Gasteiger charge is 1.77. The van der Waals surface area contributed by atoms with E-state index in [1.807, 2.05) is 0 Å². The van der Waals surface area contributed by atoms with Crippen LogP contribution in [0.15, 0.2) is 12.2 Å². The molecule has 0 rings (SSSR count). The minimum absolute atomic E-state index is 0.143. The third-order valence-electron chi connectivity index (χ3n) is 0.825. The van der Waals surface area contributed by atoms with Gasteiger partial charge in [-0.05, 0) is 6.42 Å². The van der Waals surface area contributed by atoms with Gasteiger partial charge in [-0.1, -0.05) is 19.1 Å². The second-order valence-electron chi connectivity index (χ2n) is 1.71. The zero-order chi connectivity index (χ0) is 6.95. The summed E-state index contributed by atoms with van der Waals surface area (Å²) in [6.07, 6.45) is 4.35. The predicted molar refractivity (Wildman–Crippen MR) is 35.8 cm³/mol. The maximum Gasteiger partial charge on any atom is 0.100 e. The molecule has 0 N–H and O–H groups in total. The molecule has 0 saturated carbocycles. The van der Waals surface area contributed by atoms with Crippen LogP contribution in [0.5, 0.6) is 0 Å². The lowest BCUT2D eigenvalue weighted by atomic mass is 10.5. The van der Waals surface area contributed by atoms with E-state index in [9.17, 15) is 5.11 Å². The maximum absolute atomic E-state index is 9.82. The number of ether oxygens (including phenoxy) is 1. The largest absolute Gasteiger partial charge is 0.377 e. The number of hydrogen-bond donors (Lipinski definition) is 0. The Bertz CT molecular complexity index is 69.3. The molecule has 0 saturated heterocycles. The average molecular weight is 129 g/mol. The molecule has 2 nitrogen and oxygen atoms in total. The molecule has 2 heteroatoms. The van der Waals surface area contributed by atoms with Gasteiger partial charge in [-0.15, -0.1) is 0 Å². The predicted octanol–water partition coefficient (Wildman–Crippen LogP) is 1.40. The van der Waals surface area contributed by atoms with Gasteiger partial charge in [-0.2, -0.15) is 0 Å². The first-order chi connectivity index (χ1) is 4.41. The van der Waals surface area contributed by atoms with Gasteiger partial charge in [0.1, 0.15) is 6.61 Å². The number of hydrogen-bond acceptors (Lipinski definition) is 1. The molecule has 0 aromatic carbocycles. The Labute approximate surface area is 56.1 Å². The molecule has 0 heterocycles. The zero-order valence-electron chi connectivity index (χ0n) is 5.80. The molecular weight excluding hydrogens is 116 g/mol. The van der Waals surface area contributed by atoms with Crippen molar-refractivity contribution < 1.29 is 9.84 Å². The summed E-state index contributed by atoms with van der Waals surface area (Å²) in [6, 6.07) is 0. The van der Waals surface area contributed by atoms with Crippen LogP contribution < -0.4 is 0 Å². The van der Waals surface area contributed by atoms with E-state index < -0.39 is 0 Å². The van der Waals surface area contributed by atoms with Gasteiger partial charge in [0.2, 0.25) is 0 Å². The summed E-state index contributed by atoms with van der Waals surface area (Å²) in [4.78, 5) is 0. The average Bonchev–Trinajstić information content (AvgIpc) is 1.89. The Morgan fingerprint density at radius 3 is 2.78 bits per heavy atom. The second-order valence-corrected chi connectivity index (χ2v) is 1.71. The molecule has 0 aliphatic rings. The summed E-state index contributed by atoms with van der Waals surface area (Å²) in [6.45, 7) is 3.27. The Morgan fingerprint density at radius 2 is 2.22 bits per heavy atom. The third-order valence-corrected chi connectivity index (χ3v) is 0.825. The molecule has 1 radical (unpaired) electrons. The van der Waals surface area contributed by atoms with Crippen LogP contribution in [0.2, 0.25) is 0 Å². The first-order valence-electron chi connectivity index (χ1n) is 3.22. The van der Waals surface area contributed by atoms with E-state index in [2.05, 4.69) is 6.92 Å². The number of rotatable bonds is 5. The molecular formula is C7H13O2. The molecule has 0 amide bonds. The highest BCUT2D eigenvalue weighted by Crippen LogP contribution is 1.80. The lowest BCUT2D eigenvalue weighted by Gasteiger charge is -1.94. The molecule has 9 heavy (non-hydrogen) atoms. The fourth-order valence-corrected chi connectivity index (χ4v) is 0.432. The molecule has 0 fully saturated rings. The van der Waals surface area contributed by atoms with E-state index in [4.69, 9.17) is 4.74 Å². The van der Waals surface area contributed by atoms with Crippen LogP contribution in [-0.4, -0.2) is 19.8 Å². The lowest BCUT2D eigenvalue weighted by Crippen LogP contribution is -1.91. The van der Waals surface area contributed by atoms with Gasteiger partial charge in [0, 0.05) is 6.61 Å². The zero-order valence-corrected chi connectivity index (χ0v) is 5.80. The van der Waals surface area contributed by atoms with Gasteiger partial charge in [-0.25, -0.2) is 5.11 Å². The standard InChI is InChI=1S/C7H13O2/c1-2-6-9-7-4-3-5-8/h3-4H,2,5-7H2,1H3. The Hall–Kier alpha value is -0.340. The molecule has 0 aliphatic carbocycles. The van der Waals surface area contributed by atoms with Crippen molar-refractivity contribution in [2.45, 2.75) is 13.3 Å². The minimum atomic E-state index is -0.143. The van der Waals surface area contributed by atoms with Crippen molar-refractivity contribution >= 4 is 0 Å². The van der Waals surface area contributed by atoms with Crippen LogP contribution in [0.1, 0.15) is 13.3 Å². The van der Waals surface area contributed by atoms with Crippen molar-refractivity contribution in [1.82, 2.24) is 0 Å². The van der Waals surface area contributed by atoms with Crippen LogP contribution in [-0.2, 0) is 9.84 Å². The van der Waals surface area contributed by atoms with Crippen molar-refractivity contribution in [3.8, 4) is 0 Å². The molecule has 0 unspecified atom stereocenters. The normalized spacial score (nSPS) is 10.9. The molecule has 0 aromatic heterocycles. The highest BCUT2D eigenvalue weighted by molar-refractivity contribution is 4.79. The first kappa shape index (κ1) is 8.66. The highest BCUT2D eigenvalue weighted by atomic mass is 16.5. The summed E-state index contributed by atoms with van der Waals surface area (Å²) >= 11 is 0. The fraction of sp³-hybridized carbons (Fsp3) is 0.714. The van der Waals surface area contributed by atoms with E-state index >= 15 is 0 Å². The van der Waals surface area contributed by atoms with Crippen LogP contribution in [0.4, 0.5) is 0 Å². The van der Waals surface area contributed by atoms with E-state index in [-0.39, 0.29) is 6.61 Å². The van der Waals surface area contributed by atoms with Gasteiger partial charge in [-0.3, -0.25) is 0 Å².